The van der Waals surface area contributed by atoms with Crippen LogP contribution < -0.4 is 0 Å². The molecule has 0 heterocycles. The molecule has 0 bridgehead atoms. The fraction of sp³-hybridized carbons (Fsp3) is 0.364. The van der Waals surface area contributed by atoms with Gasteiger partial charge in [0.2, 0.25) is 0 Å². The Labute approximate surface area is 83.3 Å². The normalized spacial score (nSPS) is 12.9. The number of benzene rings is 1. The molecule has 0 aliphatic heterocycles. The van der Waals surface area contributed by atoms with Gasteiger partial charge in [-0.15, -0.1) is 0 Å². The summed E-state index contributed by atoms with van der Waals surface area (Å²) in [5, 5.41) is 0. The van der Waals surface area contributed by atoms with Crippen molar-refractivity contribution in [2.24, 2.45) is 0 Å². The summed E-state index contributed by atoms with van der Waals surface area (Å²) in [4.78, 5) is 13.0. The molecule has 0 aromatic heterocycles. The Balaban J connectivity index is 3.12. The molecule has 0 saturated heterocycles. The fourth-order valence-electron chi connectivity index (χ4n) is 1.56. The molecular weight excluding hydrogens is 181 g/mol. The van der Waals surface area contributed by atoms with Gasteiger partial charge in [-0.1, -0.05) is 18.2 Å². The monoisotopic (exact) mass is 195 g/mol. The molecule has 0 aliphatic rings. The first kappa shape index (κ1) is 10.9. The highest BCUT2D eigenvalue weighted by Crippen LogP contribution is 2.21. The Kier molecular flexibility index (Phi) is 3.36. The molecule has 0 unspecified atom stereocenters. The summed E-state index contributed by atoms with van der Waals surface area (Å²) >= 11 is 0. The molecule has 1 atom stereocenters. The second-order valence-corrected chi connectivity index (χ2v) is 3.50. The third-order valence-electron chi connectivity index (χ3n) is 2.10. The second-order valence-electron chi connectivity index (χ2n) is 3.50. The van der Waals surface area contributed by atoms with Crippen LogP contribution in [0.15, 0.2) is 24.3 Å². The molecule has 1 rings (SSSR count). The van der Waals surface area contributed by atoms with Gasteiger partial charge < -0.3 is 0 Å². The first-order valence-corrected chi connectivity index (χ1v) is 4.45. The molecule has 0 radical (unpaired) electrons. The summed E-state index contributed by atoms with van der Waals surface area (Å²) in [6, 6.07) is 5.87. The summed E-state index contributed by atoms with van der Waals surface area (Å²) in [6.45, 7) is 1.47. The molecule has 3 heteroatoms. The Hall–Kier alpha value is -1.22. The number of Topliss-reactive ketones (excluding diaryl/α,β-unsaturated/α-hetero) is 1. The summed E-state index contributed by atoms with van der Waals surface area (Å²) < 4.78 is 13.4. The maximum Gasteiger partial charge on any atom is 0.151 e. The first-order chi connectivity index (χ1) is 6.54. The number of carbonyl (C=O) groups excluding carboxylic acids is 1. The minimum atomic E-state index is -0.490. The van der Waals surface area contributed by atoms with Gasteiger partial charge >= 0.3 is 0 Å². The number of likely N-dealkylation sites (N-methyl/N-ethyl adjacent to an activating group) is 1. The zero-order valence-corrected chi connectivity index (χ0v) is 8.62. The quantitative estimate of drug-likeness (QED) is 0.735. The molecule has 0 spiro atoms. The van der Waals surface area contributed by atoms with Crippen LogP contribution in [0.25, 0.3) is 0 Å². The summed E-state index contributed by atoms with van der Waals surface area (Å²) in [5.74, 6) is -0.387. The first-order valence-electron chi connectivity index (χ1n) is 4.45. The van der Waals surface area contributed by atoms with Crippen LogP contribution in [-0.4, -0.2) is 24.8 Å². The number of rotatable bonds is 3. The van der Waals surface area contributed by atoms with E-state index in [0.717, 1.165) is 0 Å². The van der Waals surface area contributed by atoms with Gasteiger partial charge in [0.1, 0.15) is 5.82 Å². The molecule has 0 N–H and O–H groups in total. The Morgan fingerprint density at radius 2 is 1.93 bits per heavy atom. The van der Waals surface area contributed by atoms with E-state index < -0.39 is 6.04 Å². The van der Waals surface area contributed by atoms with Crippen LogP contribution in [0, 0.1) is 5.82 Å². The van der Waals surface area contributed by atoms with E-state index in [1.165, 1.54) is 13.0 Å². The Morgan fingerprint density at radius 3 is 2.36 bits per heavy atom. The van der Waals surface area contributed by atoms with Gasteiger partial charge in [-0.05, 0) is 27.1 Å². The van der Waals surface area contributed by atoms with Crippen molar-refractivity contribution in [1.29, 1.82) is 0 Å². The molecule has 0 aliphatic carbocycles. The van der Waals surface area contributed by atoms with E-state index in [1.54, 1.807) is 37.2 Å². The predicted octanol–water partition coefficient (Wildman–Crippen LogP) is 2.02. The lowest BCUT2D eigenvalue weighted by atomic mass is 10.0. The number of hydrogen-bond acceptors (Lipinski definition) is 2. The molecule has 0 saturated carbocycles. The van der Waals surface area contributed by atoms with E-state index in [-0.39, 0.29) is 11.6 Å². The lowest BCUT2D eigenvalue weighted by Crippen LogP contribution is -2.26. The number of nitrogens with zero attached hydrogens (tertiary/aromatic N) is 1. The average Bonchev–Trinajstić information content (AvgIpc) is 2.07. The predicted molar refractivity (Wildman–Crippen MR) is 53.5 cm³/mol. The fourth-order valence-corrected chi connectivity index (χ4v) is 1.56. The van der Waals surface area contributed by atoms with Gasteiger partial charge in [0.15, 0.2) is 5.78 Å². The van der Waals surface area contributed by atoms with E-state index in [1.807, 2.05) is 0 Å². The van der Waals surface area contributed by atoms with Gasteiger partial charge in [-0.2, -0.15) is 0 Å². The van der Waals surface area contributed by atoms with Crippen molar-refractivity contribution >= 4 is 5.78 Å². The zero-order valence-electron chi connectivity index (χ0n) is 8.62. The van der Waals surface area contributed by atoms with Crippen molar-refractivity contribution < 1.29 is 9.18 Å². The summed E-state index contributed by atoms with van der Waals surface area (Å²) in [7, 11) is 3.52. The van der Waals surface area contributed by atoms with Crippen molar-refractivity contribution in [2.75, 3.05) is 14.1 Å². The number of halogens is 1. The van der Waals surface area contributed by atoms with E-state index in [0.29, 0.717) is 5.56 Å². The minimum absolute atomic E-state index is 0.0555. The van der Waals surface area contributed by atoms with Gasteiger partial charge in [0.25, 0.3) is 0 Å². The van der Waals surface area contributed by atoms with Gasteiger partial charge in [-0.3, -0.25) is 9.69 Å². The number of carbonyl (C=O) groups is 1. The third-order valence-corrected chi connectivity index (χ3v) is 2.10. The van der Waals surface area contributed by atoms with E-state index >= 15 is 0 Å². The van der Waals surface area contributed by atoms with Crippen molar-refractivity contribution in [3.8, 4) is 0 Å². The largest absolute Gasteiger partial charge is 0.298 e. The van der Waals surface area contributed by atoms with Crippen LogP contribution >= 0.6 is 0 Å². The van der Waals surface area contributed by atoms with E-state index in [2.05, 4.69) is 0 Å². The maximum absolute atomic E-state index is 13.4. The lowest BCUT2D eigenvalue weighted by molar-refractivity contribution is -0.121. The molecule has 0 amide bonds. The van der Waals surface area contributed by atoms with E-state index in [4.69, 9.17) is 0 Å². The highest BCUT2D eigenvalue weighted by atomic mass is 19.1. The van der Waals surface area contributed by atoms with Crippen LogP contribution in [0.1, 0.15) is 18.5 Å². The molecule has 14 heavy (non-hydrogen) atoms. The maximum atomic E-state index is 13.4. The topological polar surface area (TPSA) is 20.3 Å². The Morgan fingerprint density at radius 1 is 1.36 bits per heavy atom. The van der Waals surface area contributed by atoms with Gasteiger partial charge in [-0.25, -0.2) is 4.39 Å². The van der Waals surface area contributed by atoms with Crippen molar-refractivity contribution in [3.63, 3.8) is 0 Å². The molecule has 2 nitrogen and oxygen atoms in total. The average molecular weight is 195 g/mol. The van der Waals surface area contributed by atoms with Crippen LogP contribution in [0.2, 0.25) is 0 Å². The van der Waals surface area contributed by atoms with Crippen LogP contribution in [0.4, 0.5) is 4.39 Å². The lowest BCUT2D eigenvalue weighted by Gasteiger charge is -2.22. The molecular formula is C11H14FNO. The van der Waals surface area contributed by atoms with Crippen LogP contribution in [0.3, 0.4) is 0 Å². The van der Waals surface area contributed by atoms with E-state index in [9.17, 15) is 9.18 Å². The minimum Gasteiger partial charge on any atom is -0.298 e. The molecule has 0 fully saturated rings. The van der Waals surface area contributed by atoms with Crippen molar-refractivity contribution in [3.05, 3.63) is 35.6 Å². The van der Waals surface area contributed by atoms with Crippen molar-refractivity contribution in [1.82, 2.24) is 4.90 Å². The number of ketones is 1. The Bertz CT molecular complexity index is 336. The molecule has 1 aromatic rings. The summed E-state index contributed by atoms with van der Waals surface area (Å²) in [5.41, 5.74) is 0.435. The smallest absolute Gasteiger partial charge is 0.151 e. The summed E-state index contributed by atoms with van der Waals surface area (Å²) in [6.07, 6.45) is 0. The third kappa shape index (κ3) is 2.17. The SMILES string of the molecule is CC(=O)[C@H](c1ccccc1F)N(C)C. The van der Waals surface area contributed by atoms with Gasteiger partial charge in [0.05, 0.1) is 6.04 Å². The highest BCUT2D eigenvalue weighted by molar-refractivity contribution is 5.82. The molecule has 1 aromatic carbocycles. The zero-order chi connectivity index (χ0) is 10.7. The van der Waals surface area contributed by atoms with Crippen LogP contribution in [0.5, 0.6) is 0 Å². The van der Waals surface area contributed by atoms with Crippen molar-refractivity contribution in [2.45, 2.75) is 13.0 Å². The van der Waals surface area contributed by atoms with Crippen LogP contribution in [-0.2, 0) is 4.79 Å². The second kappa shape index (κ2) is 4.33. The highest BCUT2D eigenvalue weighted by Gasteiger charge is 2.21. The molecule has 76 valence electrons. The standard InChI is InChI=1S/C11H14FNO/c1-8(14)11(13(2)3)9-6-4-5-7-10(9)12/h4-7,11H,1-3H3/t11-/m1/s1. The van der Waals surface area contributed by atoms with Gasteiger partial charge in [0, 0.05) is 5.56 Å². The number of hydrogen-bond donors (Lipinski definition) is 0.